The van der Waals surface area contributed by atoms with Gasteiger partial charge < -0.3 is 4.74 Å². The number of esters is 1. The minimum atomic E-state index is -1.35. The Morgan fingerprint density at radius 1 is 1.07 bits per heavy atom. The van der Waals surface area contributed by atoms with Crippen molar-refractivity contribution in [1.29, 1.82) is 0 Å². The summed E-state index contributed by atoms with van der Waals surface area (Å²) in [5.41, 5.74) is 3.54. The lowest BCUT2D eigenvalue weighted by Gasteiger charge is -2.30. The summed E-state index contributed by atoms with van der Waals surface area (Å²) in [6.45, 7) is 16.1. The fourth-order valence-corrected chi connectivity index (χ4v) is 5.00. The van der Waals surface area contributed by atoms with Gasteiger partial charge in [0.15, 0.2) is 19.4 Å². The highest BCUT2D eigenvalue weighted by atomic mass is 31.1. The van der Waals surface area contributed by atoms with Gasteiger partial charge in [-0.2, -0.15) is 0 Å². The molecule has 0 aliphatic carbocycles. The Kier molecular flexibility index (Phi) is 8.56. The second kappa shape index (κ2) is 9.78. The zero-order valence-electron chi connectivity index (χ0n) is 18.6. The van der Waals surface area contributed by atoms with Crippen LogP contribution in [0.4, 0.5) is 0 Å². The quantitative estimate of drug-likeness (QED) is 0.277. The fraction of sp³-hybridized carbons (Fsp3) is 0.652. The van der Waals surface area contributed by atoms with Crippen molar-refractivity contribution in [3.63, 3.8) is 0 Å². The number of benzene rings is 1. The molecule has 1 rings (SSSR count). The normalized spacial score (nSPS) is 15.1. The summed E-state index contributed by atoms with van der Waals surface area (Å²) in [5.74, 6) is -0.587. The molecule has 0 aromatic heterocycles. The van der Waals surface area contributed by atoms with Gasteiger partial charge in [0, 0.05) is 12.0 Å². The highest BCUT2D eigenvalue weighted by Gasteiger charge is 2.45. The predicted molar refractivity (Wildman–Crippen MR) is 114 cm³/mol. The van der Waals surface area contributed by atoms with Crippen LogP contribution < -0.4 is 0 Å². The first kappa shape index (κ1) is 24.5. The van der Waals surface area contributed by atoms with Crippen molar-refractivity contribution in [2.75, 3.05) is 6.61 Å². The van der Waals surface area contributed by atoms with Crippen LogP contribution >= 0.6 is 8.46 Å². The van der Waals surface area contributed by atoms with Crippen LogP contribution in [0.2, 0.25) is 0 Å². The maximum atomic E-state index is 13.2. The molecule has 2 atom stereocenters. The van der Waals surface area contributed by atoms with E-state index in [-0.39, 0.29) is 38.6 Å². The molecule has 0 aliphatic rings. The first-order chi connectivity index (χ1) is 12.8. The third-order valence-electron chi connectivity index (χ3n) is 4.89. The Balaban J connectivity index is 3.27. The lowest BCUT2D eigenvalue weighted by molar-refractivity contribution is -0.146. The number of aryl methyl sites for hydroxylation is 3. The fourth-order valence-electron chi connectivity index (χ4n) is 4.27. The molecule has 0 saturated heterocycles. The molecule has 0 fully saturated rings. The van der Waals surface area contributed by atoms with Gasteiger partial charge in [0.25, 0.3) is 0 Å². The summed E-state index contributed by atoms with van der Waals surface area (Å²) in [6, 6.07) is 3.92. The van der Waals surface area contributed by atoms with Crippen LogP contribution in [0, 0.1) is 32.1 Å². The van der Waals surface area contributed by atoms with Gasteiger partial charge in [-0.25, -0.2) is 0 Å². The Morgan fingerprint density at radius 2 is 1.61 bits per heavy atom. The van der Waals surface area contributed by atoms with Crippen LogP contribution in [0.3, 0.4) is 0 Å². The number of carbonyl (C=O) groups excluding carboxylic acids is 2. The van der Waals surface area contributed by atoms with Gasteiger partial charge in [0.05, 0.1) is 6.61 Å². The average Bonchev–Trinajstić information content (AvgIpc) is 2.51. The molecule has 1 aromatic carbocycles. The molecular formula is C23H35O4P. The van der Waals surface area contributed by atoms with Crippen molar-refractivity contribution >= 4 is 20.2 Å². The first-order valence-corrected chi connectivity index (χ1v) is 10.8. The molecule has 1 aromatic rings. The number of carbonyl (C=O) groups is 2. The number of hydrogen-bond acceptors (Lipinski definition) is 4. The molecule has 2 unspecified atom stereocenters. The number of Topliss-reactive ketones (excluding diaryl/α,β-unsaturated/α-hetero) is 1. The molecule has 0 saturated carbocycles. The van der Waals surface area contributed by atoms with Crippen molar-refractivity contribution in [2.24, 2.45) is 11.3 Å². The van der Waals surface area contributed by atoms with E-state index in [1.807, 2.05) is 39.8 Å². The van der Waals surface area contributed by atoms with Crippen molar-refractivity contribution in [3.8, 4) is 0 Å². The van der Waals surface area contributed by atoms with E-state index in [9.17, 15) is 14.2 Å². The van der Waals surface area contributed by atoms with Crippen LogP contribution in [0.1, 0.15) is 80.9 Å². The van der Waals surface area contributed by atoms with Crippen molar-refractivity contribution in [2.45, 2.75) is 79.8 Å². The zero-order valence-corrected chi connectivity index (χ0v) is 19.5. The summed E-state index contributed by atoms with van der Waals surface area (Å²) in [5, 5.41) is -1.35. The van der Waals surface area contributed by atoms with Gasteiger partial charge in [-0.3, -0.25) is 14.2 Å². The summed E-state index contributed by atoms with van der Waals surface area (Å²) in [4.78, 5) is 26.0. The summed E-state index contributed by atoms with van der Waals surface area (Å²) >= 11 is 0. The molecule has 0 heterocycles. The Labute approximate surface area is 171 Å². The smallest absolute Gasteiger partial charge is 0.324 e. The largest absolute Gasteiger partial charge is 0.465 e. The molecule has 0 N–H and O–H groups in total. The van der Waals surface area contributed by atoms with Gasteiger partial charge in [-0.05, 0) is 63.0 Å². The maximum absolute atomic E-state index is 13.2. The lowest BCUT2D eigenvalue weighted by Crippen LogP contribution is -2.39. The summed E-state index contributed by atoms with van der Waals surface area (Å²) in [6.07, 6.45) is 1.10. The highest BCUT2D eigenvalue weighted by molar-refractivity contribution is 7.28. The van der Waals surface area contributed by atoms with E-state index < -0.39 is 11.1 Å². The number of rotatable bonds is 9. The molecule has 156 valence electrons. The minimum Gasteiger partial charge on any atom is -0.465 e. The monoisotopic (exact) mass is 406 g/mol. The summed E-state index contributed by atoms with van der Waals surface area (Å²) in [7, 11) is -0.358. The number of ketones is 1. The molecule has 0 radical (unpaired) electrons. The highest BCUT2D eigenvalue weighted by Crippen LogP contribution is 2.40. The topological polar surface area (TPSA) is 60.4 Å². The molecule has 0 amide bonds. The van der Waals surface area contributed by atoms with Crippen molar-refractivity contribution in [1.82, 2.24) is 0 Å². The third kappa shape index (κ3) is 6.51. The van der Waals surface area contributed by atoms with E-state index in [1.165, 1.54) is 0 Å². The van der Waals surface area contributed by atoms with Crippen LogP contribution in [-0.2, 0) is 14.1 Å². The molecule has 0 bridgehead atoms. The first-order valence-electron chi connectivity index (χ1n) is 9.98. The van der Waals surface area contributed by atoms with Gasteiger partial charge in [-0.15, -0.1) is 0 Å². The van der Waals surface area contributed by atoms with Crippen LogP contribution in [-0.4, -0.2) is 23.5 Å². The van der Waals surface area contributed by atoms with E-state index in [2.05, 4.69) is 20.8 Å². The van der Waals surface area contributed by atoms with Crippen LogP contribution in [0.25, 0.3) is 0 Å². The molecule has 0 spiro atoms. The van der Waals surface area contributed by atoms with E-state index in [0.29, 0.717) is 12.0 Å². The molecular weight excluding hydrogens is 371 g/mol. The number of hydrogen-bond donors (Lipinski definition) is 0. The van der Waals surface area contributed by atoms with Crippen molar-refractivity contribution < 1.29 is 18.9 Å². The van der Waals surface area contributed by atoms with Gasteiger partial charge >= 0.3 is 5.97 Å². The lowest BCUT2D eigenvalue weighted by atomic mass is 9.79. The van der Waals surface area contributed by atoms with Gasteiger partial charge in [0.2, 0.25) is 0 Å². The average molecular weight is 407 g/mol. The van der Waals surface area contributed by atoms with E-state index in [0.717, 1.165) is 23.1 Å². The van der Waals surface area contributed by atoms with Crippen LogP contribution in [0.15, 0.2) is 12.1 Å². The Morgan fingerprint density at radius 3 is 2.04 bits per heavy atom. The maximum Gasteiger partial charge on any atom is 0.324 e. The molecule has 28 heavy (non-hydrogen) atoms. The molecule has 0 aliphatic heterocycles. The van der Waals surface area contributed by atoms with E-state index >= 15 is 0 Å². The Hall–Kier alpha value is -1.54. The molecule has 5 heteroatoms. The number of ether oxygens (including phenoxy) is 1. The van der Waals surface area contributed by atoms with Crippen LogP contribution in [0.5, 0.6) is 0 Å². The minimum absolute atomic E-state index is 0.0771. The van der Waals surface area contributed by atoms with E-state index in [4.69, 9.17) is 4.74 Å². The van der Waals surface area contributed by atoms with E-state index in [1.54, 1.807) is 6.92 Å². The summed E-state index contributed by atoms with van der Waals surface area (Å²) < 4.78 is 17.5. The van der Waals surface area contributed by atoms with Crippen molar-refractivity contribution in [3.05, 3.63) is 34.4 Å². The predicted octanol–water partition coefficient (Wildman–Crippen LogP) is 6.24. The third-order valence-corrected chi connectivity index (χ3v) is 5.76. The Bertz CT molecular complexity index is 710. The SMILES string of the molecule is CCOC(=O)C(CC(=O)c1c(C)cc(C)cc1C)(CC(C)CC(C)(C)C)P=O. The second-order valence-corrected chi connectivity index (χ2v) is 10.3. The van der Waals surface area contributed by atoms with Gasteiger partial charge in [0.1, 0.15) is 0 Å². The van der Waals surface area contributed by atoms with Gasteiger partial charge in [-0.1, -0.05) is 45.4 Å². The molecule has 4 nitrogen and oxygen atoms in total. The second-order valence-electron chi connectivity index (χ2n) is 9.29. The standard InChI is InChI=1S/C23H35O4P/c1-9-27-21(25)23(28-26,13-16(3)12-22(6,7)8)14-19(24)20-17(4)10-15(2)11-18(20)5/h10-11,16H,9,12-14H2,1-8H3. The zero-order chi connectivity index (χ0) is 21.7.